The molecule has 3 aromatic carbocycles. The Kier molecular flexibility index (Phi) is 6.22. The Balaban J connectivity index is 1.34. The van der Waals surface area contributed by atoms with Crippen LogP contribution in [-0.2, 0) is 16.1 Å². The first-order valence-corrected chi connectivity index (χ1v) is 11.4. The van der Waals surface area contributed by atoms with E-state index in [1.165, 1.54) is 4.68 Å². The maximum absolute atomic E-state index is 13.1. The minimum absolute atomic E-state index is 0.103. The van der Waals surface area contributed by atoms with Crippen molar-refractivity contribution in [3.8, 4) is 11.5 Å². The van der Waals surface area contributed by atoms with Crippen molar-refractivity contribution >= 4 is 45.9 Å². The molecular formula is C26H21ClN4O5. The molecule has 3 N–H and O–H groups in total. The molecule has 0 atom stereocenters. The number of benzene rings is 3. The molecule has 1 aliphatic rings. The van der Waals surface area contributed by atoms with Gasteiger partial charge in [-0.05, 0) is 66.6 Å². The van der Waals surface area contributed by atoms with Gasteiger partial charge in [0.15, 0.2) is 11.5 Å². The number of amides is 3. The lowest BCUT2D eigenvalue weighted by molar-refractivity contribution is -0.136. The molecular weight excluding hydrogens is 484 g/mol. The summed E-state index contributed by atoms with van der Waals surface area (Å²) in [7, 11) is 0. The summed E-state index contributed by atoms with van der Waals surface area (Å²) >= 11 is 6.12. The summed E-state index contributed by atoms with van der Waals surface area (Å²) in [6.45, 7) is 2.16. The molecule has 1 aliphatic heterocycles. The first kappa shape index (κ1) is 23.3. The summed E-state index contributed by atoms with van der Waals surface area (Å²) in [6.07, 6.45) is 0. The van der Waals surface area contributed by atoms with Gasteiger partial charge in [0.05, 0.1) is 5.52 Å². The van der Waals surface area contributed by atoms with Gasteiger partial charge in [-0.1, -0.05) is 29.8 Å². The summed E-state index contributed by atoms with van der Waals surface area (Å²) in [5, 5.41) is 6.48. The van der Waals surface area contributed by atoms with Crippen molar-refractivity contribution in [3.05, 3.63) is 88.6 Å². The number of carbonyl (C=O) groups excluding carboxylic acids is 3. The van der Waals surface area contributed by atoms with Crippen molar-refractivity contribution in [2.24, 2.45) is 0 Å². The van der Waals surface area contributed by atoms with E-state index in [0.29, 0.717) is 33.1 Å². The summed E-state index contributed by atoms with van der Waals surface area (Å²) in [6, 6.07) is 19.1. The van der Waals surface area contributed by atoms with Crippen LogP contribution in [0.2, 0.25) is 5.02 Å². The molecule has 0 spiro atoms. The van der Waals surface area contributed by atoms with Gasteiger partial charge in [0.2, 0.25) is 6.79 Å². The average molecular weight is 505 g/mol. The van der Waals surface area contributed by atoms with Crippen LogP contribution in [0.3, 0.4) is 0 Å². The number of nitrogens with one attached hydrogen (secondary N) is 3. The third-order valence-electron chi connectivity index (χ3n) is 5.58. The van der Waals surface area contributed by atoms with Gasteiger partial charge >= 0.3 is 11.8 Å². The standard InChI is InChI=1S/C26H21ClN4O5/c1-15-3-2-4-19(9-15)29-24(32)21-12-17-11-18(27)6-7-20(17)31(21)30-26(34)25(33)28-13-16-5-8-22-23(10-16)36-14-35-22/h2-12H,13-14H2,1H3,(H,28,33)(H,29,32)(H,30,34). The Bertz CT molecular complexity index is 1510. The number of nitrogens with zero attached hydrogens (tertiary/aromatic N) is 1. The Labute approximate surface area is 210 Å². The number of halogens is 1. The monoisotopic (exact) mass is 504 g/mol. The number of carbonyl (C=O) groups is 3. The SMILES string of the molecule is Cc1cccc(NC(=O)c2cc3cc(Cl)ccc3n2NC(=O)C(=O)NCc2ccc3c(c2)OCO3)c1. The highest BCUT2D eigenvalue weighted by Crippen LogP contribution is 2.32. The molecule has 5 rings (SSSR count). The van der Waals surface area contributed by atoms with Gasteiger partial charge < -0.3 is 20.1 Å². The smallest absolute Gasteiger partial charge is 0.328 e. The number of fused-ring (bicyclic) bond motifs is 2. The molecule has 0 saturated heterocycles. The van der Waals surface area contributed by atoms with Crippen molar-refractivity contribution in [1.82, 2.24) is 9.99 Å². The first-order valence-electron chi connectivity index (χ1n) is 11.0. The second-order valence-electron chi connectivity index (χ2n) is 8.20. The maximum atomic E-state index is 13.1. The summed E-state index contributed by atoms with van der Waals surface area (Å²) < 4.78 is 11.9. The maximum Gasteiger partial charge on any atom is 0.328 e. The second-order valence-corrected chi connectivity index (χ2v) is 8.64. The van der Waals surface area contributed by atoms with Gasteiger partial charge in [0, 0.05) is 22.6 Å². The molecule has 2 heterocycles. The van der Waals surface area contributed by atoms with E-state index in [9.17, 15) is 14.4 Å². The highest BCUT2D eigenvalue weighted by molar-refractivity contribution is 6.38. The average Bonchev–Trinajstić information content (AvgIpc) is 3.46. The Morgan fingerprint density at radius 2 is 1.78 bits per heavy atom. The largest absolute Gasteiger partial charge is 0.454 e. The Morgan fingerprint density at radius 1 is 0.944 bits per heavy atom. The number of ether oxygens (including phenoxy) is 2. The molecule has 9 nitrogen and oxygen atoms in total. The second kappa shape index (κ2) is 9.63. The van der Waals surface area contributed by atoms with Gasteiger partial charge in [-0.15, -0.1) is 0 Å². The number of aromatic nitrogens is 1. The Morgan fingerprint density at radius 3 is 2.61 bits per heavy atom. The van der Waals surface area contributed by atoms with Crippen LogP contribution in [0, 0.1) is 6.92 Å². The van der Waals surface area contributed by atoms with E-state index >= 15 is 0 Å². The lowest BCUT2D eigenvalue weighted by atomic mass is 10.2. The molecule has 0 saturated carbocycles. The van der Waals surface area contributed by atoms with Crippen LogP contribution in [0.15, 0.2) is 66.7 Å². The molecule has 0 radical (unpaired) electrons. The summed E-state index contributed by atoms with van der Waals surface area (Å²) in [5.74, 6) is -1.07. The number of hydrogen-bond acceptors (Lipinski definition) is 5. The third-order valence-corrected chi connectivity index (χ3v) is 5.82. The van der Waals surface area contributed by atoms with Crippen LogP contribution in [-0.4, -0.2) is 29.2 Å². The van der Waals surface area contributed by atoms with E-state index in [-0.39, 0.29) is 19.0 Å². The molecule has 182 valence electrons. The van der Waals surface area contributed by atoms with Crippen molar-refractivity contribution in [2.45, 2.75) is 13.5 Å². The molecule has 0 unspecified atom stereocenters. The van der Waals surface area contributed by atoms with Crippen LogP contribution in [0.4, 0.5) is 5.69 Å². The van der Waals surface area contributed by atoms with E-state index in [1.807, 2.05) is 25.1 Å². The molecule has 3 amide bonds. The number of aryl methyl sites for hydroxylation is 1. The lowest BCUT2D eigenvalue weighted by Crippen LogP contribution is -2.39. The van der Waals surface area contributed by atoms with Crippen LogP contribution in [0.5, 0.6) is 11.5 Å². The molecule has 0 fully saturated rings. The van der Waals surface area contributed by atoms with Gasteiger partial charge in [-0.3, -0.25) is 19.8 Å². The van der Waals surface area contributed by atoms with Crippen molar-refractivity contribution < 1.29 is 23.9 Å². The normalized spacial score (nSPS) is 11.8. The van der Waals surface area contributed by atoms with Crippen molar-refractivity contribution in [2.75, 3.05) is 17.5 Å². The van der Waals surface area contributed by atoms with Crippen molar-refractivity contribution in [3.63, 3.8) is 0 Å². The number of hydrogen-bond donors (Lipinski definition) is 3. The molecule has 0 bridgehead atoms. The van der Waals surface area contributed by atoms with Gasteiger partial charge in [0.1, 0.15) is 5.69 Å². The number of anilines is 1. The van der Waals surface area contributed by atoms with Crippen LogP contribution in [0.25, 0.3) is 10.9 Å². The summed E-state index contributed by atoms with van der Waals surface area (Å²) in [4.78, 5) is 38.4. The fourth-order valence-electron chi connectivity index (χ4n) is 3.86. The van der Waals surface area contributed by atoms with Crippen LogP contribution >= 0.6 is 11.6 Å². The van der Waals surface area contributed by atoms with E-state index in [0.717, 1.165) is 11.1 Å². The van der Waals surface area contributed by atoms with E-state index in [2.05, 4.69) is 16.1 Å². The van der Waals surface area contributed by atoms with Gasteiger partial charge in [0.25, 0.3) is 5.91 Å². The fraction of sp³-hybridized carbons (Fsp3) is 0.115. The minimum atomic E-state index is -0.937. The predicted octanol–water partition coefficient (Wildman–Crippen LogP) is 3.97. The molecule has 36 heavy (non-hydrogen) atoms. The van der Waals surface area contributed by atoms with Crippen molar-refractivity contribution in [1.29, 1.82) is 0 Å². The quantitative estimate of drug-likeness (QED) is 0.356. The summed E-state index contributed by atoms with van der Waals surface area (Å²) in [5.41, 5.74) is 5.48. The van der Waals surface area contributed by atoms with E-state index < -0.39 is 17.7 Å². The zero-order valence-electron chi connectivity index (χ0n) is 19.1. The van der Waals surface area contributed by atoms with Gasteiger partial charge in [-0.2, -0.15) is 0 Å². The van der Waals surface area contributed by atoms with Crippen LogP contribution in [0.1, 0.15) is 21.6 Å². The third kappa shape index (κ3) is 4.82. The highest BCUT2D eigenvalue weighted by Gasteiger charge is 2.21. The lowest BCUT2D eigenvalue weighted by Gasteiger charge is -2.13. The fourth-order valence-corrected chi connectivity index (χ4v) is 4.04. The van der Waals surface area contributed by atoms with E-state index in [1.54, 1.807) is 48.5 Å². The highest BCUT2D eigenvalue weighted by atomic mass is 35.5. The minimum Gasteiger partial charge on any atom is -0.454 e. The zero-order valence-corrected chi connectivity index (χ0v) is 19.9. The van der Waals surface area contributed by atoms with Gasteiger partial charge in [-0.25, -0.2) is 4.68 Å². The Hall–Kier alpha value is -4.50. The van der Waals surface area contributed by atoms with E-state index in [4.69, 9.17) is 21.1 Å². The molecule has 10 heteroatoms. The zero-order chi connectivity index (χ0) is 25.2. The first-order chi connectivity index (χ1) is 17.4. The molecule has 0 aliphatic carbocycles. The van der Waals surface area contributed by atoms with Crippen LogP contribution < -0.4 is 25.5 Å². The molecule has 1 aromatic heterocycles. The predicted molar refractivity (Wildman–Crippen MR) is 135 cm³/mol. The topological polar surface area (TPSA) is 111 Å². The number of rotatable bonds is 5. The molecule has 4 aromatic rings.